The van der Waals surface area contributed by atoms with Crippen molar-refractivity contribution in [3.05, 3.63) is 36.0 Å². The molecule has 84 heavy (non-hydrogen) atoms. The van der Waals surface area contributed by atoms with E-state index in [4.69, 9.17) is 22.9 Å². The van der Waals surface area contributed by atoms with Crippen LogP contribution >= 0.6 is 25.3 Å². The summed E-state index contributed by atoms with van der Waals surface area (Å²) >= 11 is 8.46. The number of carboxylic acids is 1. The zero-order valence-corrected chi connectivity index (χ0v) is 49.4. The number of thiol groups is 2. The van der Waals surface area contributed by atoms with E-state index in [1.54, 1.807) is 38.2 Å². The molecule has 0 aliphatic carbocycles. The number of aliphatic carboxylic acids is 1. The van der Waals surface area contributed by atoms with E-state index < -0.39 is 145 Å². The average Bonchev–Trinajstić information content (AvgIpc) is 4.12. The first kappa shape index (κ1) is 70.6. The van der Waals surface area contributed by atoms with Crippen molar-refractivity contribution in [3.63, 3.8) is 0 Å². The minimum atomic E-state index is -1.41. The number of H-pyrrole nitrogens is 1. The van der Waals surface area contributed by atoms with Crippen molar-refractivity contribution in [2.75, 3.05) is 50.8 Å². The summed E-state index contributed by atoms with van der Waals surface area (Å²) in [4.78, 5) is 167. The molecule has 0 unspecified atom stereocenters. The Balaban J connectivity index is 1.75. The number of hydrogen-bond acceptors (Lipinski definition) is 17. The lowest BCUT2D eigenvalue weighted by molar-refractivity contribution is -0.142. The number of likely N-dealkylation sites (tertiary alicyclic amines) is 1. The Hall–Kier alpha value is -7.71. The smallest absolute Gasteiger partial charge is 0.326 e. The van der Waals surface area contributed by atoms with Crippen LogP contribution in [0, 0.1) is 5.92 Å². The van der Waals surface area contributed by atoms with Crippen LogP contribution in [0.25, 0.3) is 10.9 Å². The number of benzene rings is 1. The average molecular weight is 1220 g/mol. The zero-order valence-electron chi connectivity index (χ0n) is 47.6. The Kier molecular flexibility index (Phi) is 30.3. The van der Waals surface area contributed by atoms with Gasteiger partial charge in [0.05, 0.1) is 25.7 Å². The number of nitrogens with zero attached hydrogens (tertiary/aromatic N) is 2. The monoisotopic (exact) mass is 1220 g/mol. The maximum Gasteiger partial charge on any atom is 0.326 e. The van der Waals surface area contributed by atoms with Crippen molar-refractivity contribution >= 4 is 113 Å². The number of unbranched alkanes of at least 4 members (excludes halogenated alkanes) is 1. The maximum absolute atomic E-state index is 14.3. The van der Waals surface area contributed by atoms with Gasteiger partial charge in [-0.1, -0.05) is 32.0 Å². The van der Waals surface area contributed by atoms with Gasteiger partial charge in [-0.3, -0.25) is 57.7 Å². The number of fused-ring (bicyclic) bond motifs is 1. The summed E-state index contributed by atoms with van der Waals surface area (Å²) in [6, 6.07) is -3.65. The van der Waals surface area contributed by atoms with Gasteiger partial charge in [0.25, 0.3) is 0 Å². The number of carbonyl (C=O) groups is 12. The number of guanidine groups is 1. The lowest BCUT2D eigenvalue weighted by Gasteiger charge is -2.28. The maximum atomic E-state index is 14.3. The first-order valence-electron chi connectivity index (χ1n) is 27.5. The summed E-state index contributed by atoms with van der Waals surface area (Å²) in [5, 5.41) is 35.3. The molecule has 2 aromatic rings. The van der Waals surface area contributed by atoms with E-state index in [-0.39, 0.29) is 75.0 Å². The number of carboxylic acid groups (broad SMARTS) is 1. The van der Waals surface area contributed by atoms with Crippen LogP contribution in [0.1, 0.15) is 84.6 Å². The van der Waals surface area contributed by atoms with Gasteiger partial charge >= 0.3 is 5.97 Å². The van der Waals surface area contributed by atoms with Gasteiger partial charge in [-0.25, -0.2) is 4.79 Å². The van der Waals surface area contributed by atoms with Crippen molar-refractivity contribution in [1.29, 1.82) is 0 Å². The van der Waals surface area contributed by atoms with Gasteiger partial charge in [0.1, 0.15) is 48.3 Å². The number of rotatable bonds is 36. The minimum absolute atomic E-state index is 0.0395. The van der Waals surface area contributed by atoms with Gasteiger partial charge in [-0.15, -0.1) is 0 Å². The number of aromatic nitrogens is 1. The van der Waals surface area contributed by atoms with Gasteiger partial charge in [0.2, 0.25) is 65.0 Å². The standard InChI is InChI=1S/C52H83N17O13S2/c1-27(2)19-35(48(78)66-36(20-30-21-58-32-12-6-5-11-31(30)32)45(75)60-22-40(70)59-23-41(71)63-34(51(81)82)13-7-8-16-53)65-49(79)38(26-84)68-47(77)33(14-9-17-57-52(55)56)64-50(80)39-15-10-18-69(39)42(72)24-61-46(76)37(25-83)67-44(74)29(4)62-43(73)28(3)54/h5-6,11-12,21,27-29,33-39,58,83-84H,7-10,13-20,22-26,53-54H2,1-4H3,(H,59,70)(H,60,75)(H,61,76)(H,62,73)(H,63,71)(H,64,80)(H,65,79)(H,66,78)(H,67,74)(H,68,77)(H,81,82)(H4,55,56,57)/t28-,29-,33-,34-,35-,36-,37-,38-,39-/m0/s1. The topological polar surface area (TPSA) is 481 Å². The fourth-order valence-corrected chi connectivity index (χ4v) is 9.15. The van der Waals surface area contributed by atoms with E-state index in [0.717, 1.165) is 10.9 Å². The lowest BCUT2D eigenvalue weighted by atomic mass is 10.0. The van der Waals surface area contributed by atoms with Crippen molar-refractivity contribution in [3.8, 4) is 0 Å². The first-order valence-corrected chi connectivity index (χ1v) is 28.8. The number of carbonyl (C=O) groups excluding carboxylic acids is 11. The molecule has 11 amide bonds. The summed E-state index contributed by atoms with van der Waals surface area (Å²) in [6.07, 6.45) is 3.39. The second-order valence-electron chi connectivity index (χ2n) is 20.5. The molecule has 9 atom stereocenters. The highest BCUT2D eigenvalue weighted by Gasteiger charge is 2.38. The van der Waals surface area contributed by atoms with Gasteiger partial charge in [0.15, 0.2) is 5.96 Å². The van der Waals surface area contributed by atoms with E-state index in [1.165, 1.54) is 18.7 Å². The zero-order chi connectivity index (χ0) is 62.6. The molecule has 0 radical (unpaired) electrons. The Morgan fingerprint density at radius 3 is 1.89 bits per heavy atom. The second-order valence-corrected chi connectivity index (χ2v) is 21.3. The molecule has 0 bridgehead atoms. The highest BCUT2D eigenvalue weighted by Crippen LogP contribution is 2.21. The molecule has 0 spiro atoms. The Morgan fingerprint density at radius 2 is 1.25 bits per heavy atom. The van der Waals surface area contributed by atoms with Crippen LogP contribution in [0.4, 0.5) is 0 Å². The number of nitrogens with two attached hydrogens (primary N) is 4. The molecule has 32 heteroatoms. The summed E-state index contributed by atoms with van der Waals surface area (Å²) < 4.78 is 0. The van der Waals surface area contributed by atoms with Crippen LogP contribution in [0.15, 0.2) is 35.5 Å². The molecule has 20 N–H and O–H groups in total. The van der Waals surface area contributed by atoms with Crippen molar-refractivity contribution in [2.45, 2.75) is 140 Å². The van der Waals surface area contributed by atoms with Gasteiger partial charge in [0, 0.05) is 48.1 Å². The Labute approximate surface area is 497 Å². The molecule has 2 heterocycles. The number of aromatic amines is 1. The van der Waals surface area contributed by atoms with Crippen LogP contribution in [0.2, 0.25) is 0 Å². The van der Waals surface area contributed by atoms with Gasteiger partial charge < -0.3 is 91.1 Å². The molecule has 30 nitrogen and oxygen atoms in total. The fraction of sp³-hybridized carbons (Fsp3) is 0.596. The van der Waals surface area contributed by atoms with E-state index in [2.05, 4.69) is 88.4 Å². The number of hydrogen-bond donors (Lipinski definition) is 18. The number of para-hydroxylation sites is 1. The van der Waals surface area contributed by atoms with Crippen LogP contribution in [0.3, 0.4) is 0 Å². The predicted molar refractivity (Wildman–Crippen MR) is 316 cm³/mol. The third-order valence-electron chi connectivity index (χ3n) is 13.2. The molecular weight excluding hydrogens is 1130 g/mol. The molecule has 0 saturated carbocycles. The normalized spacial score (nSPS) is 15.7. The molecular formula is C52H83N17O13S2. The van der Waals surface area contributed by atoms with Crippen LogP contribution < -0.4 is 76.1 Å². The third kappa shape index (κ3) is 23.9. The van der Waals surface area contributed by atoms with Crippen molar-refractivity contribution in [2.24, 2.45) is 33.8 Å². The molecule has 1 aromatic carbocycles. The van der Waals surface area contributed by atoms with E-state index in [9.17, 15) is 62.6 Å². The quantitative estimate of drug-likeness (QED) is 0.0131. The molecule has 3 rings (SSSR count). The lowest BCUT2D eigenvalue weighted by Crippen LogP contribution is -2.60. The Morgan fingerprint density at radius 1 is 0.667 bits per heavy atom. The highest BCUT2D eigenvalue weighted by molar-refractivity contribution is 7.80. The minimum Gasteiger partial charge on any atom is -0.480 e. The van der Waals surface area contributed by atoms with Gasteiger partial charge in [-0.2, -0.15) is 25.3 Å². The largest absolute Gasteiger partial charge is 0.480 e. The first-order chi connectivity index (χ1) is 39.8. The van der Waals surface area contributed by atoms with Crippen LogP contribution in [0.5, 0.6) is 0 Å². The van der Waals surface area contributed by atoms with Crippen LogP contribution in [-0.2, 0) is 64.0 Å². The van der Waals surface area contributed by atoms with Crippen molar-refractivity contribution < 1.29 is 62.6 Å². The van der Waals surface area contributed by atoms with E-state index in [1.807, 2.05) is 6.07 Å². The second kappa shape index (κ2) is 36.1. The van der Waals surface area contributed by atoms with Crippen molar-refractivity contribution in [1.82, 2.24) is 63.1 Å². The third-order valence-corrected chi connectivity index (χ3v) is 13.9. The molecule has 1 aliphatic rings. The Bertz CT molecular complexity index is 2650. The number of nitrogens with one attached hydrogen (secondary N) is 11. The molecule has 1 saturated heterocycles. The molecule has 1 fully saturated rings. The number of aliphatic imine (C=N–C) groups is 1. The molecule has 466 valence electrons. The highest BCUT2D eigenvalue weighted by atomic mass is 32.1. The number of amides is 11. The van der Waals surface area contributed by atoms with Gasteiger partial charge in [-0.05, 0) is 89.3 Å². The summed E-state index contributed by atoms with van der Waals surface area (Å²) in [6.45, 7) is 5.08. The van der Waals surface area contributed by atoms with E-state index in [0.29, 0.717) is 31.4 Å². The SMILES string of the molecule is CC(C)C[C@H](NC(=O)[C@H](CS)NC(=O)[C@H](CCCN=C(N)N)NC(=O)[C@@H]1CCCN1C(=O)CNC(=O)[C@H](CS)NC(=O)[C@H](C)NC(=O)[C@H](C)N)C(=O)N[C@@H](Cc1c[nH]c2ccccc12)C(=O)NCC(=O)NCC(=O)N[C@@H](CCCCN)C(=O)O. The fourth-order valence-electron chi connectivity index (χ4n) is 8.64. The molecule has 1 aromatic heterocycles. The van der Waals surface area contributed by atoms with Crippen LogP contribution in [-0.4, -0.2) is 197 Å². The van der Waals surface area contributed by atoms with E-state index >= 15 is 0 Å². The summed E-state index contributed by atoms with van der Waals surface area (Å²) in [7, 11) is 0. The summed E-state index contributed by atoms with van der Waals surface area (Å²) in [5.41, 5.74) is 23.4. The predicted octanol–water partition coefficient (Wildman–Crippen LogP) is -5.02. The molecule has 1 aliphatic heterocycles. The summed E-state index contributed by atoms with van der Waals surface area (Å²) in [5.74, 6) is -10.5.